The van der Waals surface area contributed by atoms with Gasteiger partial charge in [-0.15, -0.1) is 0 Å². The Bertz CT molecular complexity index is 957. The molecule has 2 heterocycles. The van der Waals surface area contributed by atoms with Gasteiger partial charge in [0.05, 0.1) is 17.3 Å². The summed E-state index contributed by atoms with van der Waals surface area (Å²) in [5.41, 5.74) is 2.76. The van der Waals surface area contributed by atoms with E-state index in [0.29, 0.717) is 31.8 Å². The van der Waals surface area contributed by atoms with Crippen molar-refractivity contribution in [1.82, 2.24) is 20.3 Å². The van der Waals surface area contributed by atoms with Crippen molar-refractivity contribution in [2.75, 3.05) is 0 Å². The zero-order chi connectivity index (χ0) is 19.2. The molecule has 7 nitrogen and oxygen atoms in total. The maximum absolute atomic E-state index is 11.0. The van der Waals surface area contributed by atoms with Crippen molar-refractivity contribution in [2.45, 2.75) is 23.1 Å². The van der Waals surface area contributed by atoms with Gasteiger partial charge in [0.15, 0.2) is 0 Å². The van der Waals surface area contributed by atoms with Crippen LogP contribution in [0.2, 0.25) is 5.02 Å². The van der Waals surface area contributed by atoms with Crippen LogP contribution in [0.1, 0.15) is 11.1 Å². The van der Waals surface area contributed by atoms with E-state index in [2.05, 4.69) is 20.3 Å². The fourth-order valence-electron chi connectivity index (χ4n) is 2.41. The largest absolute Gasteiger partial charge is 0.465 e. The molecule has 3 aromatic rings. The zero-order valence-corrected chi connectivity index (χ0v) is 15.5. The van der Waals surface area contributed by atoms with E-state index >= 15 is 0 Å². The highest BCUT2D eigenvalue weighted by molar-refractivity contribution is 7.99. The van der Waals surface area contributed by atoms with Crippen LogP contribution in [0.25, 0.3) is 11.3 Å². The molecule has 27 heavy (non-hydrogen) atoms. The summed E-state index contributed by atoms with van der Waals surface area (Å²) < 4.78 is 0. The maximum Gasteiger partial charge on any atom is 0.404 e. The van der Waals surface area contributed by atoms with Gasteiger partial charge in [-0.1, -0.05) is 29.4 Å². The Balaban J connectivity index is 2.04. The van der Waals surface area contributed by atoms with Crippen LogP contribution in [0.5, 0.6) is 0 Å². The predicted octanol–water partition coefficient (Wildman–Crippen LogP) is 3.60. The molecule has 0 saturated heterocycles. The number of hydrogen-bond donors (Lipinski definition) is 3. The van der Waals surface area contributed by atoms with Gasteiger partial charge in [0.1, 0.15) is 11.4 Å². The normalized spacial score (nSPS) is 10.6. The van der Waals surface area contributed by atoms with Crippen LogP contribution >= 0.6 is 23.4 Å². The molecule has 0 aliphatic heterocycles. The van der Waals surface area contributed by atoms with Crippen molar-refractivity contribution < 1.29 is 15.0 Å². The van der Waals surface area contributed by atoms with Crippen LogP contribution in [0.4, 0.5) is 4.79 Å². The van der Waals surface area contributed by atoms with Crippen molar-refractivity contribution in [2.24, 2.45) is 0 Å². The van der Waals surface area contributed by atoms with E-state index in [-0.39, 0.29) is 13.2 Å². The minimum atomic E-state index is -1.14. The minimum Gasteiger partial charge on any atom is -0.465 e. The van der Waals surface area contributed by atoms with Crippen molar-refractivity contribution in [1.29, 1.82) is 0 Å². The van der Waals surface area contributed by atoms with Crippen LogP contribution in [-0.4, -0.2) is 31.3 Å². The Hall–Kier alpha value is -2.68. The smallest absolute Gasteiger partial charge is 0.404 e. The van der Waals surface area contributed by atoms with Crippen LogP contribution in [0.3, 0.4) is 0 Å². The molecule has 3 N–H and O–H groups in total. The van der Waals surface area contributed by atoms with Gasteiger partial charge in [-0.3, -0.25) is 0 Å². The number of aliphatic hydroxyl groups is 1. The monoisotopic (exact) mass is 402 g/mol. The fourth-order valence-corrected chi connectivity index (χ4v) is 3.75. The van der Waals surface area contributed by atoms with Gasteiger partial charge in [-0.25, -0.2) is 19.7 Å². The Labute approximate surface area is 164 Å². The number of carbonyl (C=O) groups is 1. The number of nitrogens with one attached hydrogen (secondary N) is 1. The molecule has 0 atom stereocenters. The summed E-state index contributed by atoms with van der Waals surface area (Å²) in [4.78, 5) is 24.0. The van der Waals surface area contributed by atoms with E-state index in [4.69, 9.17) is 16.7 Å². The van der Waals surface area contributed by atoms with Crippen molar-refractivity contribution in [3.8, 4) is 11.3 Å². The molecule has 0 saturated carbocycles. The molecule has 0 spiro atoms. The average molecular weight is 403 g/mol. The molecule has 0 fully saturated rings. The predicted molar refractivity (Wildman–Crippen MR) is 102 cm³/mol. The number of pyridine rings is 1. The lowest BCUT2D eigenvalue weighted by molar-refractivity contribution is 0.194. The van der Waals surface area contributed by atoms with Gasteiger partial charge < -0.3 is 15.5 Å². The second-order valence-electron chi connectivity index (χ2n) is 5.43. The van der Waals surface area contributed by atoms with E-state index in [1.807, 2.05) is 6.07 Å². The van der Waals surface area contributed by atoms with Crippen LogP contribution in [0, 0.1) is 0 Å². The number of aromatic nitrogens is 3. The Morgan fingerprint density at radius 3 is 2.74 bits per heavy atom. The number of carboxylic acid groups (broad SMARTS) is 1. The zero-order valence-electron chi connectivity index (χ0n) is 14.0. The lowest BCUT2D eigenvalue weighted by atomic mass is 10.1. The molecular formula is C18H15ClN4O3S. The van der Waals surface area contributed by atoms with Gasteiger partial charge in [0, 0.05) is 35.0 Å². The van der Waals surface area contributed by atoms with E-state index in [0.717, 1.165) is 5.56 Å². The van der Waals surface area contributed by atoms with Crippen molar-refractivity contribution >= 4 is 29.5 Å². The third-order valence-electron chi connectivity index (χ3n) is 3.65. The molecule has 0 aliphatic rings. The molecule has 0 unspecified atom stereocenters. The number of aliphatic hydroxyl groups excluding tert-OH is 1. The van der Waals surface area contributed by atoms with Gasteiger partial charge in [-0.05, 0) is 29.8 Å². The third-order valence-corrected chi connectivity index (χ3v) is 5.30. The SMILES string of the molecule is O=C(O)NCc1cc(-c2ccncn2)cc(Cl)c1Sc1ncccc1CO. The standard InChI is InChI=1S/C18H15ClN4O3S/c19-14-7-12(15-3-5-20-10-23-15)6-13(8-22-18(25)26)16(14)27-17-11(9-24)2-1-4-21-17/h1-7,10,22,24H,8-9H2,(H,25,26). The Morgan fingerprint density at radius 1 is 1.19 bits per heavy atom. The summed E-state index contributed by atoms with van der Waals surface area (Å²) in [6.45, 7) is -0.0902. The second kappa shape index (κ2) is 8.81. The van der Waals surface area contributed by atoms with Crippen molar-refractivity contribution in [3.63, 3.8) is 0 Å². The number of hydrogen-bond acceptors (Lipinski definition) is 6. The van der Waals surface area contributed by atoms with Gasteiger partial charge >= 0.3 is 6.09 Å². The number of benzene rings is 1. The second-order valence-corrected chi connectivity index (χ2v) is 6.83. The molecule has 0 radical (unpaired) electrons. The highest BCUT2D eigenvalue weighted by atomic mass is 35.5. The van der Waals surface area contributed by atoms with Gasteiger partial charge in [0.25, 0.3) is 0 Å². The maximum atomic E-state index is 11.0. The first-order valence-electron chi connectivity index (χ1n) is 7.86. The first-order valence-corrected chi connectivity index (χ1v) is 9.06. The van der Waals surface area contributed by atoms with Crippen LogP contribution in [-0.2, 0) is 13.2 Å². The molecule has 0 aliphatic carbocycles. The fraction of sp³-hybridized carbons (Fsp3) is 0.111. The highest BCUT2D eigenvalue weighted by Gasteiger charge is 2.16. The number of amides is 1. The third kappa shape index (κ3) is 4.73. The Morgan fingerprint density at radius 2 is 2.04 bits per heavy atom. The van der Waals surface area contributed by atoms with Crippen molar-refractivity contribution in [3.05, 3.63) is 65.2 Å². The molecular weight excluding hydrogens is 388 g/mol. The molecule has 1 amide bonds. The topological polar surface area (TPSA) is 108 Å². The number of rotatable bonds is 6. The van der Waals surface area contributed by atoms with E-state index in [1.165, 1.54) is 18.1 Å². The van der Waals surface area contributed by atoms with E-state index in [9.17, 15) is 9.90 Å². The molecule has 2 aromatic heterocycles. The molecule has 3 rings (SSSR count). The quantitative estimate of drug-likeness (QED) is 0.578. The molecule has 0 bridgehead atoms. The minimum absolute atomic E-state index is 0.0671. The highest BCUT2D eigenvalue weighted by Crippen LogP contribution is 2.39. The first-order chi connectivity index (χ1) is 13.1. The molecule has 138 valence electrons. The van der Waals surface area contributed by atoms with Crippen LogP contribution < -0.4 is 5.32 Å². The van der Waals surface area contributed by atoms with Gasteiger partial charge in [0.2, 0.25) is 0 Å². The van der Waals surface area contributed by atoms with Gasteiger partial charge in [-0.2, -0.15) is 0 Å². The summed E-state index contributed by atoms with van der Waals surface area (Å²) >= 11 is 7.79. The summed E-state index contributed by atoms with van der Waals surface area (Å²) in [7, 11) is 0. The number of nitrogens with zero attached hydrogens (tertiary/aromatic N) is 3. The molecule has 1 aromatic carbocycles. The first kappa shape index (κ1) is 19.1. The van der Waals surface area contributed by atoms with E-state index in [1.54, 1.807) is 36.7 Å². The summed E-state index contributed by atoms with van der Waals surface area (Å²) in [5, 5.41) is 21.9. The van der Waals surface area contributed by atoms with E-state index < -0.39 is 6.09 Å². The Kier molecular flexibility index (Phi) is 6.23. The lowest BCUT2D eigenvalue weighted by Gasteiger charge is -2.14. The van der Waals surface area contributed by atoms with Crippen LogP contribution in [0.15, 0.2) is 59.0 Å². The summed E-state index contributed by atoms with van der Waals surface area (Å²) in [6.07, 6.45) is 3.54. The lowest BCUT2D eigenvalue weighted by Crippen LogP contribution is -2.20. The molecule has 9 heteroatoms. The summed E-state index contributed by atoms with van der Waals surface area (Å²) in [5.74, 6) is 0. The summed E-state index contributed by atoms with van der Waals surface area (Å²) in [6, 6.07) is 8.84. The average Bonchev–Trinajstić information content (AvgIpc) is 2.69. The number of halogens is 1.